The van der Waals surface area contributed by atoms with Crippen LogP contribution in [0, 0.1) is 0 Å². The number of β-amino-alcohol motifs (C(OH)–C–C–N with tert-alkyl or cyclic N) is 1. The van der Waals surface area contributed by atoms with E-state index in [1.807, 2.05) is 42.5 Å². The minimum Gasteiger partial charge on any atom is -0.490 e. The van der Waals surface area contributed by atoms with Crippen LogP contribution < -0.4 is 9.47 Å². The van der Waals surface area contributed by atoms with Crippen molar-refractivity contribution in [2.24, 2.45) is 0 Å². The molecule has 0 radical (unpaired) electrons. The maximum Gasteiger partial charge on any atom is 0.416 e. The van der Waals surface area contributed by atoms with Gasteiger partial charge in [0.2, 0.25) is 0 Å². The summed E-state index contributed by atoms with van der Waals surface area (Å²) in [7, 11) is 0. The number of ether oxygens (including phenoxy) is 2. The zero-order chi connectivity index (χ0) is 29.2. The van der Waals surface area contributed by atoms with Gasteiger partial charge in [-0.15, -0.1) is 0 Å². The molecule has 42 heavy (non-hydrogen) atoms. The number of hydrogen-bond donors (Lipinski definition) is 3. The molecule has 0 bridgehead atoms. The molecule has 8 nitrogen and oxygen atoms in total. The summed E-state index contributed by atoms with van der Waals surface area (Å²) in [6.07, 6.45) is 1.26. The lowest BCUT2D eigenvalue weighted by atomic mass is 9.92. The molecule has 0 spiro atoms. The summed E-state index contributed by atoms with van der Waals surface area (Å²) < 4.78 is 12.1. The van der Waals surface area contributed by atoms with Crippen LogP contribution >= 0.6 is 23.2 Å². The highest BCUT2D eigenvalue weighted by atomic mass is 35.5. The Kier molecular flexibility index (Phi) is 8.60. The number of carbonyl (C=O) groups is 1. The van der Waals surface area contributed by atoms with Gasteiger partial charge in [0.1, 0.15) is 23.6 Å². The van der Waals surface area contributed by atoms with Crippen molar-refractivity contribution in [1.29, 1.82) is 0 Å². The number of piperidine rings is 1. The lowest BCUT2D eigenvalue weighted by Crippen LogP contribution is -2.42. The van der Waals surface area contributed by atoms with Gasteiger partial charge in [-0.2, -0.15) is 0 Å². The molecule has 3 heterocycles. The number of fused-ring (bicyclic) bond motifs is 3. The summed E-state index contributed by atoms with van der Waals surface area (Å²) in [5.74, 6) is 1.19. The number of aromatic amines is 1. The number of aromatic nitrogens is 1. The standard InChI is InChI=1S/C32H33Cl2N3O5/c33-21-3-8-25(9-4-21)42-32(40)37-16-13-27-28-17-22(34)5-10-29(28)35-30(27)31(37)20-1-6-24(7-2-20)41-26-11-14-36(15-12-26)18-23(39)19-38/h1-10,17,23,26,31,35,38-39H,11-16,18-19H2/t23-,31-/m0/s1. The van der Waals surface area contributed by atoms with Gasteiger partial charge in [0.25, 0.3) is 0 Å². The molecule has 0 saturated carbocycles. The highest BCUT2D eigenvalue weighted by Gasteiger charge is 2.36. The highest BCUT2D eigenvalue weighted by Crippen LogP contribution is 2.40. The van der Waals surface area contributed by atoms with Gasteiger partial charge in [-0.25, -0.2) is 4.79 Å². The highest BCUT2D eigenvalue weighted by molar-refractivity contribution is 6.31. The van der Waals surface area contributed by atoms with Gasteiger partial charge in [-0.1, -0.05) is 35.3 Å². The molecule has 220 valence electrons. The van der Waals surface area contributed by atoms with Gasteiger partial charge in [-0.3, -0.25) is 4.90 Å². The van der Waals surface area contributed by atoms with Crippen molar-refractivity contribution in [3.05, 3.63) is 93.6 Å². The van der Waals surface area contributed by atoms with Crippen molar-refractivity contribution in [2.75, 3.05) is 32.8 Å². The zero-order valence-corrected chi connectivity index (χ0v) is 24.5. The van der Waals surface area contributed by atoms with E-state index in [0.717, 1.165) is 59.4 Å². The molecular formula is C32H33Cl2N3O5. The first kappa shape index (κ1) is 28.8. The Morgan fingerprint density at radius 2 is 1.64 bits per heavy atom. The van der Waals surface area contributed by atoms with Gasteiger partial charge < -0.3 is 29.6 Å². The molecule has 1 amide bonds. The molecule has 0 unspecified atom stereocenters. The number of aliphatic hydroxyl groups excluding tert-OH is 2. The lowest BCUT2D eigenvalue weighted by Gasteiger charge is -2.35. The van der Waals surface area contributed by atoms with Gasteiger partial charge >= 0.3 is 6.09 Å². The number of halogens is 2. The number of H-pyrrole nitrogens is 1. The summed E-state index contributed by atoms with van der Waals surface area (Å²) in [6, 6.07) is 20.1. The first-order valence-electron chi connectivity index (χ1n) is 14.2. The number of aliphatic hydroxyl groups is 2. The fourth-order valence-electron chi connectivity index (χ4n) is 5.95. The second kappa shape index (κ2) is 12.5. The van der Waals surface area contributed by atoms with Gasteiger partial charge in [-0.05, 0) is 85.0 Å². The maximum atomic E-state index is 13.5. The smallest absolute Gasteiger partial charge is 0.416 e. The van der Waals surface area contributed by atoms with E-state index in [-0.39, 0.29) is 12.7 Å². The number of rotatable bonds is 7. The molecule has 2 aliphatic heterocycles. The first-order chi connectivity index (χ1) is 20.4. The third kappa shape index (κ3) is 6.23. The Balaban J connectivity index is 1.23. The summed E-state index contributed by atoms with van der Waals surface area (Å²) >= 11 is 12.4. The van der Waals surface area contributed by atoms with Crippen molar-refractivity contribution in [3.63, 3.8) is 0 Å². The maximum absolute atomic E-state index is 13.5. The Morgan fingerprint density at radius 1 is 0.952 bits per heavy atom. The van der Waals surface area contributed by atoms with Gasteiger partial charge in [0.15, 0.2) is 0 Å². The van der Waals surface area contributed by atoms with E-state index < -0.39 is 18.2 Å². The third-order valence-electron chi connectivity index (χ3n) is 8.06. The minimum atomic E-state index is -0.715. The predicted octanol–water partition coefficient (Wildman–Crippen LogP) is 5.82. The average Bonchev–Trinajstić information content (AvgIpc) is 3.37. The lowest BCUT2D eigenvalue weighted by molar-refractivity contribution is 0.0346. The third-order valence-corrected chi connectivity index (χ3v) is 8.54. The summed E-state index contributed by atoms with van der Waals surface area (Å²) in [4.78, 5) is 21.0. The molecule has 1 saturated heterocycles. The number of benzene rings is 3. The van der Waals surface area contributed by atoms with Gasteiger partial charge in [0, 0.05) is 52.8 Å². The Morgan fingerprint density at radius 3 is 2.36 bits per heavy atom. The van der Waals surface area contributed by atoms with Crippen molar-refractivity contribution in [1.82, 2.24) is 14.8 Å². The molecular weight excluding hydrogens is 577 g/mol. The Labute approximate surface area is 254 Å². The molecule has 10 heteroatoms. The van der Waals surface area contributed by atoms with Crippen LogP contribution in [0.4, 0.5) is 4.79 Å². The Bertz CT molecular complexity index is 1530. The monoisotopic (exact) mass is 609 g/mol. The molecule has 2 atom stereocenters. The van der Waals surface area contributed by atoms with Crippen molar-refractivity contribution in [3.8, 4) is 11.5 Å². The van der Waals surface area contributed by atoms with E-state index in [0.29, 0.717) is 35.3 Å². The average molecular weight is 611 g/mol. The largest absolute Gasteiger partial charge is 0.490 e. The van der Waals surface area contributed by atoms with E-state index in [9.17, 15) is 9.90 Å². The molecule has 0 aliphatic carbocycles. The molecule has 4 aromatic rings. The van der Waals surface area contributed by atoms with Crippen LogP contribution in [0.2, 0.25) is 10.0 Å². The van der Waals surface area contributed by atoms with Crippen molar-refractivity contribution in [2.45, 2.75) is 37.5 Å². The van der Waals surface area contributed by atoms with Crippen LogP contribution in [-0.4, -0.2) is 76.1 Å². The van der Waals surface area contributed by atoms with Crippen LogP contribution in [0.5, 0.6) is 11.5 Å². The number of nitrogens with one attached hydrogen (secondary N) is 1. The number of hydrogen-bond acceptors (Lipinski definition) is 6. The van der Waals surface area contributed by atoms with Crippen LogP contribution in [0.15, 0.2) is 66.7 Å². The van der Waals surface area contributed by atoms with E-state index in [1.165, 1.54) is 0 Å². The minimum absolute atomic E-state index is 0.0731. The SMILES string of the molecule is O=C(Oc1ccc(Cl)cc1)N1CCc2c([nH]c3ccc(Cl)cc23)[C@@H]1c1ccc(OC2CCN(C[C@H](O)CO)CC2)cc1. The summed E-state index contributed by atoms with van der Waals surface area (Å²) in [5, 5.41) is 21.1. The molecule has 1 fully saturated rings. The first-order valence-corrected chi connectivity index (χ1v) is 15.0. The van der Waals surface area contributed by atoms with Crippen LogP contribution in [0.3, 0.4) is 0 Å². The number of likely N-dealkylation sites (tertiary alicyclic amines) is 1. The number of nitrogens with zero attached hydrogens (tertiary/aromatic N) is 2. The normalized spacial score (nSPS) is 18.6. The predicted molar refractivity (Wildman–Crippen MR) is 163 cm³/mol. The van der Waals surface area contributed by atoms with Crippen molar-refractivity contribution >= 4 is 40.2 Å². The molecule has 2 aliphatic rings. The molecule has 1 aromatic heterocycles. The topological polar surface area (TPSA) is 98.3 Å². The molecule has 3 N–H and O–H groups in total. The van der Waals surface area contributed by atoms with Crippen LogP contribution in [0.1, 0.15) is 35.7 Å². The Hall–Kier alpha value is -3.27. The summed E-state index contributed by atoms with van der Waals surface area (Å²) in [6.45, 7) is 2.33. The number of carbonyl (C=O) groups excluding carboxylic acids is 1. The van der Waals surface area contributed by atoms with E-state index in [4.69, 9.17) is 37.8 Å². The quantitative estimate of drug-likeness (QED) is 0.244. The second-order valence-corrected chi connectivity index (χ2v) is 11.8. The summed E-state index contributed by atoms with van der Waals surface area (Å²) in [5.41, 5.74) is 3.99. The van der Waals surface area contributed by atoms with Crippen molar-refractivity contribution < 1.29 is 24.5 Å². The number of amides is 1. The van der Waals surface area contributed by atoms with E-state index in [1.54, 1.807) is 29.2 Å². The zero-order valence-electron chi connectivity index (χ0n) is 23.0. The molecule has 6 rings (SSSR count). The fraction of sp³-hybridized carbons (Fsp3) is 0.344. The van der Waals surface area contributed by atoms with Crippen LogP contribution in [-0.2, 0) is 6.42 Å². The molecule has 3 aromatic carbocycles. The van der Waals surface area contributed by atoms with E-state index in [2.05, 4.69) is 9.88 Å². The van der Waals surface area contributed by atoms with E-state index >= 15 is 0 Å². The van der Waals surface area contributed by atoms with Crippen LogP contribution in [0.25, 0.3) is 10.9 Å². The van der Waals surface area contributed by atoms with Gasteiger partial charge in [0.05, 0.1) is 12.7 Å². The second-order valence-electron chi connectivity index (χ2n) is 10.9. The fourth-order valence-corrected chi connectivity index (χ4v) is 6.25.